The van der Waals surface area contributed by atoms with Gasteiger partial charge in [-0.3, -0.25) is 9.48 Å². The topological polar surface area (TPSA) is 34.9 Å². The van der Waals surface area contributed by atoms with Gasteiger partial charge in [0.1, 0.15) is 0 Å². The van der Waals surface area contributed by atoms with Crippen LogP contribution in [0.4, 0.5) is 0 Å². The summed E-state index contributed by atoms with van der Waals surface area (Å²) in [5.41, 5.74) is 3.63. The van der Waals surface area contributed by atoms with Gasteiger partial charge in [0.15, 0.2) is 5.78 Å². The lowest BCUT2D eigenvalue weighted by atomic mass is 10.1. The highest BCUT2D eigenvalue weighted by atomic mass is 16.1. The van der Waals surface area contributed by atoms with Gasteiger partial charge in [-0.25, -0.2) is 0 Å². The normalized spacial score (nSPS) is 16.3. The van der Waals surface area contributed by atoms with Crippen molar-refractivity contribution in [1.82, 2.24) is 9.78 Å². The second-order valence-electron chi connectivity index (χ2n) is 4.43. The molecular formula is C15H14N2O. The molecule has 0 amide bonds. The van der Waals surface area contributed by atoms with Gasteiger partial charge in [0.05, 0.1) is 5.69 Å². The molecule has 0 unspecified atom stereocenters. The van der Waals surface area contributed by atoms with E-state index >= 15 is 0 Å². The van der Waals surface area contributed by atoms with E-state index in [1.165, 1.54) is 0 Å². The molecule has 0 fully saturated rings. The highest BCUT2D eigenvalue weighted by molar-refractivity contribution is 6.15. The Morgan fingerprint density at radius 3 is 2.89 bits per heavy atom. The predicted molar refractivity (Wildman–Crippen MR) is 70.4 cm³/mol. The van der Waals surface area contributed by atoms with Gasteiger partial charge in [0.2, 0.25) is 0 Å². The molecule has 1 aliphatic rings. The molecule has 1 aliphatic carbocycles. The molecule has 0 saturated heterocycles. The zero-order valence-corrected chi connectivity index (χ0v) is 10.3. The van der Waals surface area contributed by atoms with E-state index in [0.29, 0.717) is 6.42 Å². The van der Waals surface area contributed by atoms with Crippen LogP contribution in [0.2, 0.25) is 0 Å². The maximum absolute atomic E-state index is 12.2. The monoisotopic (exact) mass is 238 g/mol. The maximum atomic E-state index is 12.2. The highest BCUT2D eigenvalue weighted by Gasteiger charge is 2.24. The Kier molecular flexibility index (Phi) is 2.59. The molecule has 18 heavy (non-hydrogen) atoms. The number of aromatic nitrogens is 2. The van der Waals surface area contributed by atoms with Gasteiger partial charge in [-0.1, -0.05) is 24.3 Å². The van der Waals surface area contributed by atoms with E-state index in [9.17, 15) is 4.79 Å². The number of rotatable bonds is 2. The van der Waals surface area contributed by atoms with Gasteiger partial charge in [-0.2, -0.15) is 5.10 Å². The molecule has 3 heteroatoms. The molecule has 1 aromatic carbocycles. The molecule has 3 rings (SSSR count). The molecule has 1 heterocycles. The van der Waals surface area contributed by atoms with Crippen molar-refractivity contribution in [3.8, 4) is 0 Å². The third-order valence-electron chi connectivity index (χ3n) is 3.24. The molecule has 0 N–H and O–H groups in total. The summed E-state index contributed by atoms with van der Waals surface area (Å²) in [5, 5.41) is 4.38. The third-order valence-corrected chi connectivity index (χ3v) is 3.24. The van der Waals surface area contributed by atoms with E-state index in [0.717, 1.165) is 28.9 Å². The lowest BCUT2D eigenvalue weighted by molar-refractivity contribution is 0.104. The van der Waals surface area contributed by atoms with Crippen LogP contribution in [0.3, 0.4) is 0 Å². The summed E-state index contributed by atoms with van der Waals surface area (Å²) in [6, 6.07) is 9.72. The molecule has 3 nitrogen and oxygen atoms in total. The van der Waals surface area contributed by atoms with Crippen molar-refractivity contribution < 1.29 is 4.79 Å². The van der Waals surface area contributed by atoms with E-state index in [4.69, 9.17) is 0 Å². The molecular weight excluding hydrogens is 224 g/mol. The molecule has 0 spiro atoms. The second kappa shape index (κ2) is 4.26. The van der Waals surface area contributed by atoms with Crippen molar-refractivity contribution in [2.24, 2.45) is 0 Å². The van der Waals surface area contributed by atoms with Gasteiger partial charge >= 0.3 is 0 Å². The zero-order chi connectivity index (χ0) is 12.5. The number of ketones is 1. The van der Waals surface area contributed by atoms with Crippen LogP contribution >= 0.6 is 0 Å². The van der Waals surface area contributed by atoms with Crippen molar-refractivity contribution >= 4 is 11.9 Å². The lowest BCUT2D eigenvalue weighted by Gasteiger charge is -1.93. The second-order valence-corrected chi connectivity index (χ2v) is 4.43. The first kappa shape index (κ1) is 11.0. The fourth-order valence-corrected chi connectivity index (χ4v) is 2.28. The van der Waals surface area contributed by atoms with Crippen LogP contribution in [-0.4, -0.2) is 15.6 Å². The highest BCUT2D eigenvalue weighted by Crippen LogP contribution is 2.27. The molecule has 90 valence electrons. The minimum atomic E-state index is 0.136. The smallest absolute Gasteiger partial charge is 0.189 e. The Morgan fingerprint density at radius 2 is 2.17 bits per heavy atom. The minimum Gasteiger partial charge on any atom is -0.289 e. The maximum Gasteiger partial charge on any atom is 0.189 e. The summed E-state index contributed by atoms with van der Waals surface area (Å²) in [4.78, 5) is 12.2. The van der Waals surface area contributed by atoms with E-state index in [-0.39, 0.29) is 5.78 Å². The SMILES string of the molecule is CCn1ccc(C=C2Cc3ccccc3C2=O)n1. The van der Waals surface area contributed by atoms with Crippen molar-refractivity contribution in [3.63, 3.8) is 0 Å². The van der Waals surface area contributed by atoms with E-state index < -0.39 is 0 Å². The Balaban J connectivity index is 1.94. The molecule has 0 saturated carbocycles. The van der Waals surface area contributed by atoms with E-state index in [2.05, 4.69) is 5.10 Å². The predicted octanol–water partition coefficient (Wildman–Crippen LogP) is 2.73. The van der Waals surface area contributed by atoms with Gasteiger partial charge in [-0.15, -0.1) is 0 Å². The number of carbonyl (C=O) groups excluding carboxylic acids is 1. The van der Waals surface area contributed by atoms with Crippen molar-refractivity contribution in [2.75, 3.05) is 0 Å². The van der Waals surface area contributed by atoms with Crippen LogP contribution in [0.5, 0.6) is 0 Å². The minimum absolute atomic E-state index is 0.136. The average molecular weight is 238 g/mol. The fourth-order valence-electron chi connectivity index (χ4n) is 2.28. The molecule has 2 aromatic rings. The number of Topliss-reactive ketones (excluding diaryl/α,β-unsaturated/α-hetero) is 1. The first-order chi connectivity index (χ1) is 8.78. The molecule has 0 aliphatic heterocycles. The Bertz CT molecular complexity index is 637. The number of benzene rings is 1. The number of fused-ring (bicyclic) bond motifs is 1. The molecule has 0 atom stereocenters. The Morgan fingerprint density at radius 1 is 1.33 bits per heavy atom. The molecule has 1 aromatic heterocycles. The summed E-state index contributed by atoms with van der Waals surface area (Å²) in [6.45, 7) is 2.89. The average Bonchev–Trinajstić information content (AvgIpc) is 2.97. The quantitative estimate of drug-likeness (QED) is 0.754. The number of nitrogens with zero attached hydrogens (tertiary/aromatic N) is 2. The number of aryl methyl sites for hydroxylation is 1. The van der Waals surface area contributed by atoms with Crippen LogP contribution in [0.1, 0.15) is 28.5 Å². The number of hydrogen-bond donors (Lipinski definition) is 0. The summed E-state index contributed by atoms with van der Waals surface area (Å²) >= 11 is 0. The van der Waals surface area contributed by atoms with Crippen molar-refractivity contribution in [2.45, 2.75) is 19.9 Å². The van der Waals surface area contributed by atoms with Gasteiger partial charge < -0.3 is 0 Å². The van der Waals surface area contributed by atoms with Crippen molar-refractivity contribution in [3.05, 3.63) is 58.9 Å². The Hall–Kier alpha value is -2.16. The third kappa shape index (κ3) is 1.78. The van der Waals surface area contributed by atoms with E-state index in [1.807, 2.05) is 54.2 Å². The number of hydrogen-bond acceptors (Lipinski definition) is 2. The summed E-state index contributed by atoms with van der Waals surface area (Å²) < 4.78 is 1.86. The van der Waals surface area contributed by atoms with Gasteiger partial charge in [0.25, 0.3) is 0 Å². The van der Waals surface area contributed by atoms with E-state index in [1.54, 1.807) is 0 Å². The molecule has 0 bridgehead atoms. The lowest BCUT2D eigenvalue weighted by Crippen LogP contribution is -1.96. The fraction of sp³-hybridized carbons (Fsp3) is 0.200. The van der Waals surface area contributed by atoms with Gasteiger partial charge in [-0.05, 0) is 24.6 Å². The number of allylic oxidation sites excluding steroid dienone is 1. The van der Waals surface area contributed by atoms with Gasteiger partial charge in [0, 0.05) is 30.3 Å². The first-order valence-corrected chi connectivity index (χ1v) is 6.14. The largest absolute Gasteiger partial charge is 0.289 e. The summed E-state index contributed by atoms with van der Waals surface area (Å²) in [6.07, 6.45) is 4.54. The number of carbonyl (C=O) groups is 1. The summed E-state index contributed by atoms with van der Waals surface area (Å²) in [5.74, 6) is 0.136. The van der Waals surface area contributed by atoms with Crippen LogP contribution in [0, 0.1) is 0 Å². The first-order valence-electron chi connectivity index (χ1n) is 6.14. The Labute approximate surface area is 106 Å². The summed E-state index contributed by atoms with van der Waals surface area (Å²) in [7, 11) is 0. The van der Waals surface area contributed by atoms with Crippen LogP contribution in [0.25, 0.3) is 6.08 Å². The van der Waals surface area contributed by atoms with Crippen LogP contribution in [-0.2, 0) is 13.0 Å². The van der Waals surface area contributed by atoms with Crippen molar-refractivity contribution in [1.29, 1.82) is 0 Å². The standard InChI is InChI=1S/C15H14N2O/c1-2-17-8-7-13(16-17)10-12-9-11-5-3-4-6-14(11)15(12)18/h3-8,10H,2,9H2,1H3. The molecule has 0 radical (unpaired) electrons. The zero-order valence-electron chi connectivity index (χ0n) is 10.3. The van der Waals surface area contributed by atoms with Crippen LogP contribution in [0.15, 0.2) is 42.1 Å². The van der Waals surface area contributed by atoms with Crippen LogP contribution < -0.4 is 0 Å².